The fourth-order valence-corrected chi connectivity index (χ4v) is 2.96. The highest BCUT2D eigenvalue weighted by Gasteiger charge is 2.13. The third-order valence-corrected chi connectivity index (χ3v) is 3.95. The van der Waals surface area contributed by atoms with Crippen LogP contribution in [-0.2, 0) is 0 Å². The van der Waals surface area contributed by atoms with Gasteiger partial charge in [-0.1, -0.05) is 23.5 Å². The van der Waals surface area contributed by atoms with Crippen LogP contribution in [0.1, 0.15) is 12.8 Å². The Hall–Kier alpha value is -1.13. The summed E-state index contributed by atoms with van der Waals surface area (Å²) in [5.41, 5.74) is 1.09. The molecule has 4 heteroatoms. The van der Waals surface area contributed by atoms with Gasteiger partial charge in [-0.15, -0.1) is 0 Å². The molecule has 1 atom stereocenters. The van der Waals surface area contributed by atoms with E-state index in [-0.39, 0.29) is 0 Å². The van der Waals surface area contributed by atoms with Gasteiger partial charge in [-0.05, 0) is 31.5 Å². The van der Waals surface area contributed by atoms with Crippen molar-refractivity contribution in [1.82, 2.24) is 10.3 Å². The smallest absolute Gasteiger partial charge is 0.183 e. The molecule has 1 saturated heterocycles. The van der Waals surface area contributed by atoms with Crippen molar-refractivity contribution in [3.05, 3.63) is 24.3 Å². The van der Waals surface area contributed by atoms with Crippen molar-refractivity contribution in [3.63, 3.8) is 0 Å². The van der Waals surface area contributed by atoms with Gasteiger partial charge in [0.15, 0.2) is 5.13 Å². The van der Waals surface area contributed by atoms with Crippen LogP contribution in [0.5, 0.6) is 0 Å². The zero-order chi connectivity index (χ0) is 10.8. The molecule has 0 saturated carbocycles. The summed E-state index contributed by atoms with van der Waals surface area (Å²) < 4.78 is 1.25. The molecule has 2 heterocycles. The Balaban J connectivity index is 1.69. The highest BCUT2D eigenvalue weighted by atomic mass is 32.1. The zero-order valence-corrected chi connectivity index (χ0v) is 9.89. The molecule has 1 aliphatic rings. The Labute approximate surface area is 98.9 Å². The van der Waals surface area contributed by atoms with Crippen molar-refractivity contribution >= 4 is 26.7 Å². The quantitative estimate of drug-likeness (QED) is 0.855. The summed E-state index contributed by atoms with van der Waals surface area (Å²) in [7, 11) is 0. The first-order chi connectivity index (χ1) is 7.92. The SMILES string of the molecule is c1ccc2sc(NC[C@H]3CCCN3)nc2c1. The number of nitrogens with one attached hydrogen (secondary N) is 2. The number of para-hydroxylation sites is 1. The first kappa shape index (κ1) is 10.1. The van der Waals surface area contributed by atoms with Crippen LogP contribution in [0.2, 0.25) is 0 Å². The van der Waals surface area contributed by atoms with E-state index < -0.39 is 0 Å². The molecular formula is C12H15N3S. The number of aromatic nitrogens is 1. The normalized spacial score (nSPS) is 20.4. The summed E-state index contributed by atoms with van der Waals surface area (Å²) in [6, 6.07) is 8.89. The van der Waals surface area contributed by atoms with Crippen LogP contribution in [-0.4, -0.2) is 24.1 Å². The summed E-state index contributed by atoms with van der Waals surface area (Å²) in [6.45, 7) is 2.14. The van der Waals surface area contributed by atoms with E-state index in [1.165, 1.54) is 17.5 Å². The van der Waals surface area contributed by atoms with E-state index in [2.05, 4.69) is 33.8 Å². The second-order valence-electron chi connectivity index (χ2n) is 4.16. The Morgan fingerprint density at radius 3 is 3.19 bits per heavy atom. The lowest BCUT2D eigenvalue weighted by Crippen LogP contribution is -2.29. The molecule has 0 aliphatic carbocycles. The van der Waals surface area contributed by atoms with Crippen molar-refractivity contribution in [3.8, 4) is 0 Å². The van der Waals surface area contributed by atoms with Crippen LogP contribution in [0, 0.1) is 0 Å². The van der Waals surface area contributed by atoms with Crippen LogP contribution in [0.25, 0.3) is 10.2 Å². The average Bonchev–Trinajstić information content (AvgIpc) is 2.95. The summed E-state index contributed by atoms with van der Waals surface area (Å²) in [6.07, 6.45) is 2.57. The molecule has 1 fully saturated rings. The molecular weight excluding hydrogens is 218 g/mol. The Kier molecular flexibility index (Phi) is 2.76. The molecule has 2 aromatic rings. The Morgan fingerprint density at radius 2 is 2.38 bits per heavy atom. The molecule has 0 unspecified atom stereocenters. The predicted molar refractivity (Wildman–Crippen MR) is 69.1 cm³/mol. The number of hydrogen-bond acceptors (Lipinski definition) is 4. The summed E-state index contributed by atoms with van der Waals surface area (Å²) in [5, 5.41) is 7.93. The van der Waals surface area contributed by atoms with Gasteiger partial charge in [0.2, 0.25) is 0 Å². The van der Waals surface area contributed by atoms with Crippen molar-refractivity contribution < 1.29 is 0 Å². The highest BCUT2D eigenvalue weighted by molar-refractivity contribution is 7.22. The molecule has 0 radical (unpaired) electrons. The first-order valence-corrected chi connectivity index (χ1v) is 6.56. The van der Waals surface area contributed by atoms with E-state index >= 15 is 0 Å². The molecule has 2 N–H and O–H groups in total. The number of rotatable bonds is 3. The lowest BCUT2D eigenvalue weighted by molar-refractivity contribution is 0.633. The Morgan fingerprint density at radius 1 is 1.44 bits per heavy atom. The maximum absolute atomic E-state index is 4.55. The third kappa shape index (κ3) is 2.03. The summed E-state index contributed by atoms with van der Waals surface area (Å²) in [5.74, 6) is 0. The van der Waals surface area contributed by atoms with Crippen molar-refractivity contribution in [1.29, 1.82) is 0 Å². The van der Waals surface area contributed by atoms with Crippen LogP contribution in [0.3, 0.4) is 0 Å². The van der Waals surface area contributed by atoms with E-state index in [9.17, 15) is 0 Å². The Bertz CT molecular complexity index is 441. The minimum absolute atomic E-state index is 0.618. The van der Waals surface area contributed by atoms with Gasteiger partial charge >= 0.3 is 0 Å². The molecule has 1 aromatic carbocycles. The zero-order valence-electron chi connectivity index (χ0n) is 9.07. The van der Waals surface area contributed by atoms with Gasteiger partial charge in [0.1, 0.15) is 0 Å². The van der Waals surface area contributed by atoms with E-state index in [4.69, 9.17) is 0 Å². The van der Waals surface area contributed by atoms with Crippen LogP contribution >= 0.6 is 11.3 Å². The lowest BCUT2D eigenvalue weighted by atomic mass is 10.2. The van der Waals surface area contributed by atoms with Gasteiger partial charge in [-0.25, -0.2) is 4.98 Å². The van der Waals surface area contributed by atoms with Gasteiger partial charge in [0, 0.05) is 12.6 Å². The number of benzene rings is 1. The van der Waals surface area contributed by atoms with Crippen molar-refractivity contribution in [2.45, 2.75) is 18.9 Å². The van der Waals surface area contributed by atoms with Crippen molar-refractivity contribution in [2.75, 3.05) is 18.4 Å². The maximum Gasteiger partial charge on any atom is 0.183 e. The molecule has 84 valence electrons. The van der Waals surface area contributed by atoms with Gasteiger partial charge in [-0.3, -0.25) is 0 Å². The highest BCUT2D eigenvalue weighted by Crippen LogP contribution is 2.25. The van der Waals surface area contributed by atoms with Gasteiger partial charge in [0.05, 0.1) is 10.2 Å². The maximum atomic E-state index is 4.55. The average molecular weight is 233 g/mol. The number of anilines is 1. The number of hydrogen-bond donors (Lipinski definition) is 2. The number of nitrogens with zero attached hydrogens (tertiary/aromatic N) is 1. The predicted octanol–water partition coefficient (Wildman–Crippen LogP) is 2.46. The van der Waals surface area contributed by atoms with E-state index in [1.54, 1.807) is 11.3 Å². The third-order valence-electron chi connectivity index (χ3n) is 2.96. The van der Waals surface area contributed by atoms with E-state index in [0.29, 0.717) is 6.04 Å². The number of fused-ring (bicyclic) bond motifs is 1. The minimum Gasteiger partial charge on any atom is -0.360 e. The van der Waals surface area contributed by atoms with Gasteiger partial charge < -0.3 is 10.6 Å². The summed E-state index contributed by atoms with van der Waals surface area (Å²) >= 11 is 1.73. The molecule has 1 aliphatic heterocycles. The van der Waals surface area contributed by atoms with Crippen LogP contribution < -0.4 is 10.6 Å². The first-order valence-electron chi connectivity index (χ1n) is 5.75. The second kappa shape index (κ2) is 4.39. The second-order valence-corrected chi connectivity index (χ2v) is 5.19. The molecule has 3 rings (SSSR count). The van der Waals surface area contributed by atoms with E-state index in [0.717, 1.165) is 23.7 Å². The molecule has 0 bridgehead atoms. The molecule has 16 heavy (non-hydrogen) atoms. The monoisotopic (exact) mass is 233 g/mol. The lowest BCUT2D eigenvalue weighted by Gasteiger charge is -2.09. The van der Waals surface area contributed by atoms with Crippen LogP contribution in [0.15, 0.2) is 24.3 Å². The standard InChI is InChI=1S/C12H15N3S/c1-2-6-11-10(5-1)15-12(16-11)14-8-9-4-3-7-13-9/h1-2,5-6,9,13H,3-4,7-8H2,(H,14,15)/t9-/m1/s1. The van der Waals surface area contributed by atoms with Gasteiger partial charge in [0.25, 0.3) is 0 Å². The topological polar surface area (TPSA) is 37.0 Å². The van der Waals surface area contributed by atoms with Crippen LogP contribution in [0.4, 0.5) is 5.13 Å². The number of thiazole rings is 1. The fraction of sp³-hybridized carbons (Fsp3) is 0.417. The minimum atomic E-state index is 0.618. The molecule has 0 amide bonds. The largest absolute Gasteiger partial charge is 0.360 e. The summed E-state index contributed by atoms with van der Waals surface area (Å²) in [4.78, 5) is 4.55. The van der Waals surface area contributed by atoms with Gasteiger partial charge in [-0.2, -0.15) is 0 Å². The van der Waals surface area contributed by atoms with E-state index in [1.807, 2.05) is 6.07 Å². The molecule has 0 spiro atoms. The fourth-order valence-electron chi connectivity index (χ4n) is 2.09. The molecule has 3 nitrogen and oxygen atoms in total. The van der Waals surface area contributed by atoms with Crippen molar-refractivity contribution in [2.24, 2.45) is 0 Å². The molecule has 1 aromatic heterocycles.